The van der Waals surface area contributed by atoms with E-state index in [1.165, 1.54) is 24.3 Å². The summed E-state index contributed by atoms with van der Waals surface area (Å²) in [7, 11) is 0. The molecule has 0 aliphatic heterocycles. The fourth-order valence-corrected chi connectivity index (χ4v) is 2.02. The third-order valence-corrected chi connectivity index (χ3v) is 2.86. The molecule has 0 spiro atoms. The second-order valence-corrected chi connectivity index (χ2v) is 4.33. The maximum absolute atomic E-state index is 13.0. The van der Waals surface area contributed by atoms with Crippen LogP contribution in [-0.4, -0.2) is 11.1 Å². The highest BCUT2D eigenvalue weighted by Gasteiger charge is 2.34. The average Bonchev–Trinajstić information content (AvgIpc) is 2.38. The van der Waals surface area contributed by atoms with Gasteiger partial charge in [0.05, 0.1) is 5.56 Å². The van der Waals surface area contributed by atoms with E-state index in [1.54, 1.807) is 0 Å². The van der Waals surface area contributed by atoms with E-state index in [9.17, 15) is 18.0 Å². The summed E-state index contributed by atoms with van der Waals surface area (Å²) < 4.78 is 43.6. The molecular weight excluding hydrogens is 309 g/mol. The van der Waals surface area contributed by atoms with Gasteiger partial charge in [0.25, 0.3) is 0 Å². The number of primary amides is 1. The second-order valence-electron chi connectivity index (χ2n) is 3.97. The van der Waals surface area contributed by atoms with Crippen LogP contribution in [0.5, 0.6) is 5.75 Å². The molecule has 1 aromatic heterocycles. The van der Waals surface area contributed by atoms with E-state index >= 15 is 0 Å². The van der Waals surface area contributed by atoms with E-state index in [1.807, 2.05) is 0 Å². The molecule has 0 saturated carbocycles. The van der Waals surface area contributed by atoms with Gasteiger partial charge in [-0.1, -0.05) is 23.7 Å². The lowest BCUT2D eigenvalue weighted by Gasteiger charge is -2.14. The molecule has 2 N–H and O–H groups in total. The fraction of sp³-hybridized carbons (Fsp3) is 0.0769. The lowest BCUT2D eigenvalue weighted by molar-refractivity contribution is -0.137. The van der Waals surface area contributed by atoms with E-state index in [4.69, 9.17) is 17.3 Å². The largest absolute Gasteiger partial charge is 0.417 e. The van der Waals surface area contributed by atoms with Gasteiger partial charge in [0.1, 0.15) is 10.9 Å². The van der Waals surface area contributed by atoms with Crippen LogP contribution in [0.4, 0.5) is 18.0 Å². The maximum atomic E-state index is 13.0. The van der Waals surface area contributed by atoms with Crippen molar-refractivity contribution < 1.29 is 22.7 Å². The Morgan fingerprint density at radius 3 is 2.33 bits per heavy atom. The van der Waals surface area contributed by atoms with Crippen LogP contribution in [0.2, 0.25) is 5.15 Å². The molecule has 0 aliphatic rings. The summed E-state index contributed by atoms with van der Waals surface area (Å²) in [6, 6.07) is 6.12. The molecule has 110 valence electrons. The fourth-order valence-electron chi connectivity index (χ4n) is 1.75. The Balaban J connectivity index is 2.49. The van der Waals surface area contributed by atoms with Gasteiger partial charge in [0.15, 0.2) is 0 Å². The minimum Gasteiger partial charge on any atom is -0.411 e. The molecule has 1 aromatic carbocycles. The summed E-state index contributed by atoms with van der Waals surface area (Å²) in [5.74, 6) is 0.111. The van der Waals surface area contributed by atoms with Crippen LogP contribution in [0.25, 0.3) is 11.1 Å². The van der Waals surface area contributed by atoms with E-state index in [0.717, 1.165) is 12.3 Å². The van der Waals surface area contributed by atoms with Crippen molar-refractivity contribution in [2.45, 2.75) is 6.18 Å². The number of carbonyl (C=O) groups is 1. The molecule has 0 atom stereocenters. The van der Waals surface area contributed by atoms with Gasteiger partial charge in [-0.2, -0.15) is 13.2 Å². The predicted molar refractivity (Wildman–Crippen MR) is 69.9 cm³/mol. The molecule has 0 aliphatic carbocycles. The summed E-state index contributed by atoms with van der Waals surface area (Å²) >= 11 is 5.78. The van der Waals surface area contributed by atoms with Gasteiger partial charge in [-0.05, 0) is 23.8 Å². The third-order valence-electron chi connectivity index (χ3n) is 2.57. The topological polar surface area (TPSA) is 65.2 Å². The number of hydrogen-bond acceptors (Lipinski definition) is 3. The molecule has 0 saturated heterocycles. The normalized spacial score (nSPS) is 11.2. The first-order valence-electron chi connectivity index (χ1n) is 5.58. The molecular formula is C13H8ClF3N2O2. The van der Waals surface area contributed by atoms with Gasteiger partial charge < -0.3 is 10.5 Å². The van der Waals surface area contributed by atoms with E-state index in [2.05, 4.69) is 9.72 Å². The van der Waals surface area contributed by atoms with Gasteiger partial charge in [-0.25, -0.2) is 9.78 Å². The Labute approximate surface area is 122 Å². The van der Waals surface area contributed by atoms with Crippen LogP contribution >= 0.6 is 11.6 Å². The van der Waals surface area contributed by atoms with Crippen molar-refractivity contribution in [3.63, 3.8) is 0 Å². The Morgan fingerprint density at radius 1 is 1.19 bits per heavy atom. The summed E-state index contributed by atoms with van der Waals surface area (Å²) in [5.41, 5.74) is 3.89. The van der Waals surface area contributed by atoms with Crippen molar-refractivity contribution in [2.24, 2.45) is 5.73 Å². The van der Waals surface area contributed by atoms with Crippen LogP contribution < -0.4 is 10.5 Å². The van der Waals surface area contributed by atoms with Crippen LogP contribution in [0, 0.1) is 0 Å². The zero-order valence-electron chi connectivity index (χ0n) is 10.3. The Morgan fingerprint density at radius 2 is 1.81 bits per heavy atom. The molecule has 2 rings (SSSR count). The van der Waals surface area contributed by atoms with E-state index in [-0.39, 0.29) is 22.0 Å². The van der Waals surface area contributed by atoms with Gasteiger partial charge in [-0.15, -0.1) is 0 Å². The Bertz CT molecular complexity index is 672. The van der Waals surface area contributed by atoms with Gasteiger partial charge in [-0.3, -0.25) is 0 Å². The number of benzene rings is 1. The molecule has 0 bridgehead atoms. The molecule has 0 unspecified atom stereocenters. The zero-order valence-corrected chi connectivity index (χ0v) is 11.1. The van der Waals surface area contributed by atoms with E-state index < -0.39 is 17.8 Å². The number of halogens is 4. The average molecular weight is 317 g/mol. The van der Waals surface area contributed by atoms with Crippen LogP contribution in [0.1, 0.15) is 5.56 Å². The number of nitrogens with zero attached hydrogens (tertiary/aromatic N) is 1. The van der Waals surface area contributed by atoms with Gasteiger partial charge in [0.2, 0.25) is 0 Å². The van der Waals surface area contributed by atoms with Crippen molar-refractivity contribution in [1.82, 2.24) is 4.98 Å². The number of rotatable bonds is 2. The number of aromatic nitrogens is 1. The minimum atomic E-state index is -4.57. The first-order valence-corrected chi connectivity index (χ1v) is 5.96. The van der Waals surface area contributed by atoms with Crippen molar-refractivity contribution >= 4 is 17.7 Å². The standard InChI is InChI=1S/C13H8ClF3N2O2/c14-11-10(9(5-6-19-11)13(15,16)17)7-1-3-8(4-2-7)21-12(18)20/h1-6H,(H2,18,20). The first-order chi connectivity index (χ1) is 9.79. The van der Waals surface area contributed by atoms with Crippen LogP contribution in [-0.2, 0) is 6.18 Å². The summed E-state index contributed by atoms with van der Waals surface area (Å²) in [6.45, 7) is 0. The molecule has 21 heavy (non-hydrogen) atoms. The van der Waals surface area contributed by atoms with Crippen molar-refractivity contribution in [2.75, 3.05) is 0 Å². The summed E-state index contributed by atoms with van der Waals surface area (Å²) in [5, 5.41) is -0.270. The highest BCUT2D eigenvalue weighted by atomic mass is 35.5. The molecule has 4 nitrogen and oxygen atoms in total. The smallest absolute Gasteiger partial charge is 0.411 e. The number of hydrogen-bond donors (Lipinski definition) is 1. The van der Waals surface area contributed by atoms with Crippen molar-refractivity contribution in [1.29, 1.82) is 0 Å². The highest BCUT2D eigenvalue weighted by molar-refractivity contribution is 6.32. The van der Waals surface area contributed by atoms with Gasteiger partial charge >= 0.3 is 12.3 Å². The highest BCUT2D eigenvalue weighted by Crippen LogP contribution is 2.40. The molecule has 0 radical (unpaired) electrons. The second kappa shape index (κ2) is 5.61. The number of alkyl halides is 3. The maximum Gasteiger partial charge on any atom is 0.417 e. The number of amides is 1. The van der Waals surface area contributed by atoms with Crippen LogP contribution in [0.15, 0.2) is 36.5 Å². The first kappa shape index (κ1) is 15.1. The van der Waals surface area contributed by atoms with Crippen LogP contribution in [0.3, 0.4) is 0 Å². The summed E-state index contributed by atoms with van der Waals surface area (Å²) in [6.07, 6.45) is -4.60. The number of pyridine rings is 1. The lowest BCUT2D eigenvalue weighted by Crippen LogP contribution is -2.16. The SMILES string of the molecule is NC(=O)Oc1ccc(-c2c(C(F)(F)F)ccnc2Cl)cc1. The molecule has 1 amide bonds. The predicted octanol–water partition coefficient (Wildman–Crippen LogP) is 3.88. The Kier molecular flexibility index (Phi) is 4.04. The van der Waals surface area contributed by atoms with Crippen molar-refractivity contribution in [3.05, 3.63) is 47.2 Å². The van der Waals surface area contributed by atoms with E-state index in [0.29, 0.717) is 0 Å². The Hall–Kier alpha value is -2.28. The summed E-state index contributed by atoms with van der Waals surface area (Å²) in [4.78, 5) is 14.2. The van der Waals surface area contributed by atoms with Crippen molar-refractivity contribution in [3.8, 4) is 16.9 Å². The molecule has 8 heteroatoms. The quantitative estimate of drug-likeness (QED) is 0.855. The zero-order chi connectivity index (χ0) is 15.6. The number of nitrogens with two attached hydrogens (primary N) is 1. The van der Waals surface area contributed by atoms with Gasteiger partial charge in [0, 0.05) is 11.8 Å². The lowest BCUT2D eigenvalue weighted by atomic mass is 10.0. The molecule has 0 fully saturated rings. The third kappa shape index (κ3) is 3.43. The number of carbonyl (C=O) groups excluding carboxylic acids is 1. The molecule has 1 heterocycles. The number of ether oxygens (including phenoxy) is 1. The monoisotopic (exact) mass is 316 g/mol. The minimum absolute atomic E-state index is 0.111. The molecule has 2 aromatic rings.